The van der Waals surface area contributed by atoms with Gasteiger partial charge in [-0.05, 0) is 6.42 Å². The second kappa shape index (κ2) is 3.00. The van der Waals surface area contributed by atoms with Gasteiger partial charge in [-0.15, -0.1) is 0 Å². The average Bonchev–Trinajstić information content (AvgIpc) is 1.90. The third kappa shape index (κ3) is 1.81. The van der Waals surface area contributed by atoms with E-state index in [1.807, 2.05) is 0 Å². The maximum atomic E-state index is 2.48. The minimum Gasteiger partial charge on any atom is -0.238 e. The summed E-state index contributed by atoms with van der Waals surface area (Å²) in [6.45, 7) is 6.99. The minimum atomic E-state index is 1.29. The van der Waals surface area contributed by atoms with Crippen molar-refractivity contribution < 1.29 is 4.58 Å². The molecule has 1 saturated heterocycles. The molecule has 0 spiro atoms. The number of hydrogen-bond donors (Lipinski definition) is 0. The summed E-state index contributed by atoms with van der Waals surface area (Å²) in [5, 5.41) is 0. The van der Waals surface area contributed by atoms with E-state index in [-0.39, 0.29) is 0 Å². The predicted molar refractivity (Wildman–Crippen MR) is 40.2 cm³/mol. The Morgan fingerprint density at radius 3 is 1.89 bits per heavy atom. The predicted octanol–water partition coefficient (Wildman–Crippen LogP) is 1.66. The van der Waals surface area contributed by atoms with E-state index in [2.05, 4.69) is 18.4 Å². The molecule has 0 aromatic carbocycles. The van der Waals surface area contributed by atoms with E-state index in [0.29, 0.717) is 0 Å². The lowest BCUT2D eigenvalue weighted by molar-refractivity contribution is -0.538. The van der Waals surface area contributed by atoms with E-state index in [1.54, 1.807) is 0 Å². The van der Waals surface area contributed by atoms with Crippen LogP contribution in [-0.4, -0.2) is 23.4 Å². The van der Waals surface area contributed by atoms with Crippen molar-refractivity contribution in [1.82, 2.24) is 0 Å². The van der Waals surface area contributed by atoms with E-state index in [0.717, 1.165) is 0 Å². The van der Waals surface area contributed by atoms with Gasteiger partial charge in [0.15, 0.2) is 0 Å². The Labute approximate surface area is 57.4 Å². The first kappa shape index (κ1) is 6.79. The van der Waals surface area contributed by atoms with Crippen molar-refractivity contribution in [2.45, 2.75) is 33.1 Å². The van der Waals surface area contributed by atoms with Crippen LogP contribution in [0.4, 0.5) is 0 Å². The molecular formula is C8H16N+. The summed E-state index contributed by atoms with van der Waals surface area (Å²) in [6, 6.07) is 0. The van der Waals surface area contributed by atoms with Crippen molar-refractivity contribution in [3.63, 3.8) is 0 Å². The maximum absolute atomic E-state index is 2.48. The van der Waals surface area contributed by atoms with Crippen LogP contribution in [0.1, 0.15) is 33.1 Å². The quantitative estimate of drug-likeness (QED) is 0.434. The summed E-state index contributed by atoms with van der Waals surface area (Å²) >= 11 is 0. The Morgan fingerprint density at radius 2 is 1.56 bits per heavy atom. The molecule has 0 unspecified atom stereocenters. The van der Waals surface area contributed by atoms with E-state index in [9.17, 15) is 0 Å². The van der Waals surface area contributed by atoms with Crippen molar-refractivity contribution in [3.05, 3.63) is 0 Å². The Kier molecular flexibility index (Phi) is 2.26. The van der Waals surface area contributed by atoms with Gasteiger partial charge in [-0.25, -0.2) is 4.58 Å². The molecule has 0 amide bonds. The molecule has 1 aliphatic heterocycles. The van der Waals surface area contributed by atoms with Gasteiger partial charge in [0, 0.05) is 26.7 Å². The van der Waals surface area contributed by atoms with Crippen molar-refractivity contribution in [3.8, 4) is 0 Å². The summed E-state index contributed by atoms with van der Waals surface area (Å²) in [4.78, 5) is 0. The summed E-state index contributed by atoms with van der Waals surface area (Å²) in [5.41, 5.74) is 1.48. The zero-order valence-corrected chi connectivity index (χ0v) is 6.48. The van der Waals surface area contributed by atoms with E-state index in [4.69, 9.17) is 0 Å². The average molecular weight is 126 g/mol. The molecule has 52 valence electrons. The van der Waals surface area contributed by atoms with Crippen LogP contribution in [-0.2, 0) is 0 Å². The van der Waals surface area contributed by atoms with Crippen LogP contribution < -0.4 is 0 Å². The van der Waals surface area contributed by atoms with Gasteiger partial charge in [0.2, 0.25) is 0 Å². The second-order valence-corrected chi connectivity index (χ2v) is 2.99. The topological polar surface area (TPSA) is 3.01 Å². The highest BCUT2D eigenvalue weighted by molar-refractivity contribution is 5.73. The van der Waals surface area contributed by atoms with Crippen LogP contribution in [0.2, 0.25) is 0 Å². The van der Waals surface area contributed by atoms with Gasteiger partial charge in [-0.2, -0.15) is 0 Å². The molecule has 1 heterocycles. The fourth-order valence-electron chi connectivity index (χ4n) is 1.34. The van der Waals surface area contributed by atoms with Gasteiger partial charge in [-0.3, -0.25) is 0 Å². The summed E-state index contributed by atoms with van der Waals surface area (Å²) in [7, 11) is 0. The molecule has 1 rings (SSSR count). The van der Waals surface area contributed by atoms with Crippen LogP contribution in [0.3, 0.4) is 0 Å². The molecule has 1 heteroatoms. The molecule has 1 nitrogen and oxygen atoms in total. The number of nitrogens with zero attached hydrogens (tertiary/aromatic N) is 1. The van der Waals surface area contributed by atoms with E-state index < -0.39 is 0 Å². The van der Waals surface area contributed by atoms with Gasteiger partial charge in [0.25, 0.3) is 0 Å². The minimum absolute atomic E-state index is 1.29. The van der Waals surface area contributed by atoms with Gasteiger partial charge in [0.05, 0.1) is 0 Å². The number of hydrogen-bond acceptors (Lipinski definition) is 0. The summed E-state index contributed by atoms with van der Waals surface area (Å²) < 4.78 is 2.48. The highest BCUT2D eigenvalue weighted by atomic mass is 15.0. The lowest BCUT2D eigenvalue weighted by atomic mass is 10.1. The smallest absolute Gasteiger partial charge is 0.146 e. The molecule has 0 aromatic rings. The molecule has 0 atom stereocenters. The Balaban J connectivity index is 2.49. The lowest BCUT2D eigenvalue weighted by Crippen LogP contribution is -2.23. The van der Waals surface area contributed by atoms with Gasteiger partial charge < -0.3 is 0 Å². The Bertz CT molecular complexity index is 113. The standard InChI is InChI=1S/C8H16N/c1-8(2)9-6-4-3-5-7-9/h3-7H2,1-2H3/q+1. The molecule has 0 aliphatic carbocycles. The molecule has 0 aromatic heterocycles. The second-order valence-electron chi connectivity index (χ2n) is 2.99. The lowest BCUT2D eigenvalue weighted by Gasteiger charge is -2.10. The first-order valence-electron chi connectivity index (χ1n) is 3.86. The van der Waals surface area contributed by atoms with Crippen LogP contribution >= 0.6 is 0 Å². The SMILES string of the molecule is CC(C)=[N+]1CCCCC1. The number of piperidine rings is 1. The molecule has 0 N–H and O–H groups in total. The zero-order valence-electron chi connectivity index (χ0n) is 6.48. The summed E-state index contributed by atoms with van der Waals surface area (Å²) in [6.07, 6.45) is 4.22. The number of rotatable bonds is 0. The first-order valence-corrected chi connectivity index (χ1v) is 3.86. The van der Waals surface area contributed by atoms with Crippen molar-refractivity contribution in [2.75, 3.05) is 13.1 Å². The van der Waals surface area contributed by atoms with Crippen LogP contribution in [0.25, 0.3) is 0 Å². The molecule has 0 radical (unpaired) electrons. The van der Waals surface area contributed by atoms with Gasteiger partial charge in [-0.1, -0.05) is 0 Å². The van der Waals surface area contributed by atoms with Crippen LogP contribution in [0, 0.1) is 0 Å². The Hall–Kier alpha value is -0.330. The third-order valence-electron chi connectivity index (χ3n) is 1.99. The highest BCUT2D eigenvalue weighted by Gasteiger charge is 2.10. The van der Waals surface area contributed by atoms with Gasteiger partial charge >= 0.3 is 0 Å². The first-order chi connectivity index (χ1) is 4.30. The van der Waals surface area contributed by atoms with Crippen molar-refractivity contribution >= 4 is 5.71 Å². The monoisotopic (exact) mass is 126 g/mol. The third-order valence-corrected chi connectivity index (χ3v) is 1.99. The highest BCUT2D eigenvalue weighted by Crippen LogP contribution is 2.03. The summed E-state index contributed by atoms with van der Waals surface area (Å²) in [5.74, 6) is 0. The fourth-order valence-corrected chi connectivity index (χ4v) is 1.34. The van der Waals surface area contributed by atoms with Crippen LogP contribution in [0.15, 0.2) is 0 Å². The van der Waals surface area contributed by atoms with Gasteiger partial charge in [0.1, 0.15) is 18.8 Å². The maximum Gasteiger partial charge on any atom is 0.146 e. The molecular weight excluding hydrogens is 110 g/mol. The van der Waals surface area contributed by atoms with E-state index >= 15 is 0 Å². The molecule has 1 fully saturated rings. The van der Waals surface area contributed by atoms with Crippen LogP contribution in [0.5, 0.6) is 0 Å². The largest absolute Gasteiger partial charge is 0.238 e. The fraction of sp³-hybridized carbons (Fsp3) is 0.875. The van der Waals surface area contributed by atoms with Crippen molar-refractivity contribution in [2.24, 2.45) is 0 Å². The molecule has 0 bridgehead atoms. The van der Waals surface area contributed by atoms with E-state index in [1.165, 1.54) is 38.1 Å². The molecule has 1 aliphatic rings. The Morgan fingerprint density at radius 1 is 1.00 bits per heavy atom. The molecule has 0 saturated carbocycles. The van der Waals surface area contributed by atoms with Crippen molar-refractivity contribution in [1.29, 1.82) is 0 Å². The normalized spacial score (nSPS) is 20.0. The molecule has 9 heavy (non-hydrogen) atoms. The zero-order chi connectivity index (χ0) is 6.69.